The number of rotatable bonds is 5. The van der Waals surface area contributed by atoms with Gasteiger partial charge in [0.2, 0.25) is 0 Å². The van der Waals surface area contributed by atoms with Crippen LogP contribution in [0.1, 0.15) is 52.9 Å². The van der Waals surface area contributed by atoms with Crippen LogP contribution in [0.5, 0.6) is 0 Å². The van der Waals surface area contributed by atoms with Crippen molar-refractivity contribution in [3.05, 3.63) is 12.2 Å². The number of allylic oxidation sites excluding steroid dienone is 1. The molecule has 0 heterocycles. The van der Waals surface area contributed by atoms with Gasteiger partial charge in [-0.1, -0.05) is 25.5 Å². The summed E-state index contributed by atoms with van der Waals surface area (Å²) >= 11 is 0. The van der Waals surface area contributed by atoms with Gasteiger partial charge in [-0.15, -0.1) is 0 Å². The average Bonchev–Trinajstić information content (AvgIpc) is 2.61. The number of hydrogen-bond acceptors (Lipinski definition) is 3. The molecule has 1 aliphatic carbocycles. The number of carbonyl (C=O) groups is 1. The lowest BCUT2D eigenvalue weighted by Gasteiger charge is -2.37. The Labute approximate surface area is 104 Å². The molecule has 0 amide bonds. The molecule has 1 atom stereocenters. The smallest absolute Gasteiger partial charge is 0.315 e. The molecule has 1 unspecified atom stereocenters. The standard InChI is InChI=1S/C14H24O3/c1-5-6-9-17-12(15)14(13(3,4)16)8-7-11(2)10-14/h16H,2,5-10H2,1,3-4H3. The van der Waals surface area contributed by atoms with Crippen molar-refractivity contribution in [3.63, 3.8) is 0 Å². The zero-order chi connectivity index (χ0) is 13.1. The Balaban J connectivity index is 2.78. The predicted molar refractivity (Wildman–Crippen MR) is 67.6 cm³/mol. The molecule has 0 aromatic carbocycles. The summed E-state index contributed by atoms with van der Waals surface area (Å²) < 4.78 is 5.30. The summed E-state index contributed by atoms with van der Waals surface area (Å²) in [6.45, 7) is 9.79. The van der Waals surface area contributed by atoms with Crippen LogP contribution >= 0.6 is 0 Å². The van der Waals surface area contributed by atoms with Crippen molar-refractivity contribution >= 4 is 5.97 Å². The second-order valence-electron chi connectivity index (χ2n) is 5.56. The number of aliphatic hydroxyl groups is 1. The molecule has 3 nitrogen and oxygen atoms in total. The number of hydrogen-bond donors (Lipinski definition) is 1. The minimum absolute atomic E-state index is 0.267. The summed E-state index contributed by atoms with van der Waals surface area (Å²) in [6.07, 6.45) is 3.85. The van der Waals surface area contributed by atoms with Crippen molar-refractivity contribution in [2.24, 2.45) is 5.41 Å². The van der Waals surface area contributed by atoms with Crippen molar-refractivity contribution in [2.75, 3.05) is 6.61 Å². The molecule has 0 aromatic rings. The first-order chi connectivity index (χ1) is 7.83. The van der Waals surface area contributed by atoms with Crippen LogP contribution in [-0.2, 0) is 9.53 Å². The van der Waals surface area contributed by atoms with Gasteiger partial charge in [0.05, 0.1) is 17.6 Å². The van der Waals surface area contributed by atoms with Crippen LogP contribution in [0.2, 0.25) is 0 Å². The Morgan fingerprint density at radius 3 is 2.65 bits per heavy atom. The average molecular weight is 240 g/mol. The highest BCUT2D eigenvalue weighted by Crippen LogP contribution is 2.49. The zero-order valence-electron chi connectivity index (χ0n) is 11.2. The molecule has 3 heteroatoms. The molecule has 17 heavy (non-hydrogen) atoms. The lowest BCUT2D eigenvalue weighted by atomic mass is 9.72. The Morgan fingerprint density at radius 2 is 2.24 bits per heavy atom. The maximum atomic E-state index is 12.2. The topological polar surface area (TPSA) is 46.5 Å². The molecular formula is C14H24O3. The van der Waals surface area contributed by atoms with Crippen molar-refractivity contribution in [2.45, 2.75) is 58.5 Å². The van der Waals surface area contributed by atoms with Crippen LogP contribution in [0.4, 0.5) is 0 Å². The fraction of sp³-hybridized carbons (Fsp3) is 0.786. The van der Waals surface area contributed by atoms with Crippen molar-refractivity contribution in [1.29, 1.82) is 0 Å². The SMILES string of the molecule is C=C1CCC(C(=O)OCCCC)(C(C)(C)O)C1. The lowest BCUT2D eigenvalue weighted by molar-refractivity contribution is -0.171. The monoisotopic (exact) mass is 240 g/mol. The molecule has 1 N–H and O–H groups in total. The first-order valence-electron chi connectivity index (χ1n) is 6.40. The Kier molecular flexibility index (Phi) is 4.36. The summed E-state index contributed by atoms with van der Waals surface area (Å²) in [5.74, 6) is -0.267. The molecule has 0 radical (unpaired) electrons. The molecule has 98 valence electrons. The van der Waals surface area contributed by atoms with Crippen LogP contribution in [0, 0.1) is 5.41 Å². The third-order valence-electron chi connectivity index (χ3n) is 3.75. The van der Waals surface area contributed by atoms with Crippen LogP contribution in [0.25, 0.3) is 0 Å². The number of esters is 1. The lowest BCUT2D eigenvalue weighted by Crippen LogP contribution is -2.48. The van der Waals surface area contributed by atoms with Crippen LogP contribution in [0.3, 0.4) is 0 Å². The fourth-order valence-corrected chi connectivity index (χ4v) is 2.39. The molecule has 1 saturated carbocycles. The van der Waals surface area contributed by atoms with Gasteiger partial charge in [0.15, 0.2) is 0 Å². The normalized spacial score (nSPS) is 25.1. The second kappa shape index (κ2) is 5.21. The molecule has 0 aliphatic heterocycles. The highest BCUT2D eigenvalue weighted by atomic mass is 16.5. The molecular weight excluding hydrogens is 216 g/mol. The summed E-state index contributed by atoms with van der Waals surface area (Å²) in [7, 11) is 0. The van der Waals surface area contributed by atoms with E-state index in [2.05, 4.69) is 13.5 Å². The van der Waals surface area contributed by atoms with Gasteiger partial charge in [-0.05, 0) is 39.5 Å². The molecule has 0 aromatic heterocycles. The van der Waals surface area contributed by atoms with Gasteiger partial charge in [0.1, 0.15) is 0 Å². The quantitative estimate of drug-likeness (QED) is 0.456. The van der Waals surface area contributed by atoms with Gasteiger partial charge in [0, 0.05) is 0 Å². The maximum absolute atomic E-state index is 12.2. The summed E-state index contributed by atoms with van der Waals surface area (Å²) in [4.78, 5) is 12.2. The van der Waals surface area contributed by atoms with Gasteiger partial charge < -0.3 is 9.84 Å². The molecule has 1 rings (SSSR count). The fourth-order valence-electron chi connectivity index (χ4n) is 2.39. The second-order valence-corrected chi connectivity index (χ2v) is 5.56. The summed E-state index contributed by atoms with van der Waals surface area (Å²) in [5.41, 5.74) is -0.826. The zero-order valence-corrected chi connectivity index (χ0v) is 11.2. The van der Waals surface area contributed by atoms with Crippen molar-refractivity contribution in [3.8, 4) is 0 Å². The van der Waals surface area contributed by atoms with Gasteiger partial charge in [-0.25, -0.2) is 0 Å². The third kappa shape index (κ3) is 2.89. The maximum Gasteiger partial charge on any atom is 0.315 e. The minimum atomic E-state index is -1.06. The van der Waals surface area contributed by atoms with E-state index in [1.54, 1.807) is 13.8 Å². The number of unbranched alkanes of at least 4 members (excludes halogenated alkanes) is 1. The van der Waals surface area contributed by atoms with Crippen molar-refractivity contribution in [1.82, 2.24) is 0 Å². The predicted octanol–water partition coefficient (Wildman–Crippen LogP) is 2.83. The third-order valence-corrected chi connectivity index (χ3v) is 3.75. The van der Waals surface area contributed by atoms with E-state index in [1.165, 1.54) is 0 Å². The molecule has 0 spiro atoms. The van der Waals surface area contributed by atoms with Crippen LogP contribution < -0.4 is 0 Å². The van der Waals surface area contributed by atoms with E-state index in [4.69, 9.17) is 4.74 Å². The van der Waals surface area contributed by atoms with E-state index in [0.717, 1.165) is 24.8 Å². The first kappa shape index (κ1) is 14.2. The number of carbonyl (C=O) groups excluding carboxylic acids is 1. The summed E-state index contributed by atoms with van der Waals surface area (Å²) in [5, 5.41) is 10.3. The van der Waals surface area contributed by atoms with Gasteiger partial charge in [-0.2, -0.15) is 0 Å². The largest absolute Gasteiger partial charge is 0.465 e. The van der Waals surface area contributed by atoms with E-state index in [0.29, 0.717) is 19.4 Å². The Morgan fingerprint density at radius 1 is 1.59 bits per heavy atom. The molecule has 1 aliphatic rings. The van der Waals surface area contributed by atoms with E-state index in [1.807, 2.05) is 0 Å². The van der Waals surface area contributed by atoms with Gasteiger partial charge in [0.25, 0.3) is 0 Å². The van der Waals surface area contributed by atoms with E-state index in [9.17, 15) is 9.90 Å². The Bertz CT molecular complexity index is 301. The van der Waals surface area contributed by atoms with E-state index >= 15 is 0 Å². The highest BCUT2D eigenvalue weighted by molar-refractivity contribution is 5.79. The van der Waals surface area contributed by atoms with Crippen LogP contribution in [-0.4, -0.2) is 23.3 Å². The van der Waals surface area contributed by atoms with E-state index in [-0.39, 0.29) is 5.97 Å². The number of ether oxygens (including phenoxy) is 1. The highest BCUT2D eigenvalue weighted by Gasteiger charge is 2.54. The molecule has 0 bridgehead atoms. The minimum Gasteiger partial charge on any atom is -0.465 e. The summed E-state index contributed by atoms with van der Waals surface area (Å²) in [6, 6.07) is 0. The van der Waals surface area contributed by atoms with Crippen LogP contribution in [0.15, 0.2) is 12.2 Å². The van der Waals surface area contributed by atoms with Gasteiger partial charge >= 0.3 is 5.97 Å². The molecule has 1 fully saturated rings. The Hall–Kier alpha value is -0.830. The molecule has 0 saturated heterocycles. The van der Waals surface area contributed by atoms with Crippen molar-refractivity contribution < 1.29 is 14.6 Å². The van der Waals surface area contributed by atoms with Gasteiger partial charge in [-0.3, -0.25) is 4.79 Å². The first-order valence-corrected chi connectivity index (χ1v) is 6.40. The van der Waals surface area contributed by atoms with E-state index < -0.39 is 11.0 Å².